The Labute approximate surface area is 177 Å². The number of oxazole rings is 1. The molecule has 0 aliphatic heterocycles. The Balaban J connectivity index is 1.42. The van der Waals surface area contributed by atoms with Crippen LogP contribution in [-0.2, 0) is 11.4 Å². The summed E-state index contributed by atoms with van der Waals surface area (Å²) in [4.78, 5) is 13.9. The summed E-state index contributed by atoms with van der Waals surface area (Å²) in [5.41, 5.74) is 7.97. The van der Waals surface area contributed by atoms with Gasteiger partial charge in [0.25, 0.3) is 0 Å². The molecule has 2 N–H and O–H groups in total. The predicted octanol–water partition coefficient (Wildman–Crippen LogP) is 5.02. The molecule has 0 bridgehead atoms. The highest BCUT2D eigenvalue weighted by atomic mass is 35.5. The molecule has 150 valence electrons. The second kappa shape index (κ2) is 9.11. The van der Waals surface area contributed by atoms with Gasteiger partial charge in [-0.05, 0) is 48.5 Å². The molecule has 0 atom stereocenters. The standard InChI is InChI=1S/C22H17ClN4O3/c23-16-10-8-15(9-11-16)21-26-17(13-28-21)14-29-27-20(24)19-7-4-12-25-22(19)30-18-5-2-1-3-6-18/h1-13H,14H2,(H2,24,27). The summed E-state index contributed by atoms with van der Waals surface area (Å²) >= 11 is 5.90. The zero-order valence-electron chi connectivity index (χ0n) is 15.7. The van der Waals surface area contributed by atoms with E-state index in [4.69, 9.17) is 31.3 Å². The summed E-state index contributed by atoms with van der Waals surface area (Å²) in [7, 11) is 0. The lowest BCUT2D eigenvalue weighted by Crippen LogP contribution is -2.15. The molecule has 0 amide bonds. The quantitative estimate of drug-likeness (QED) is 0.256. The van der Waals surface area contributed by atoms with Crippen LogP contribution in [0.15, 0.2) is 88.8 Å². The molecule has 2 aromatic carbocycles. The van der Waals surface area contributed by atoms with E-state index in [2.05, 4.69) is 15.1 Å². The minimum atomic E-state index is 0.0902. The third kappa shape index (κ3) is 4.76. The molecule has 0 aliphatic rings. The number of halogens is 1. The maximum Gasteiger partial charge on any atom is 0.230 e. The molecule has 0 aliphatic carbocycles. The first-order chi connectivity index (χ1) is 14.7. The number of amidine groups is 1. The monoisotopic (exact) mass is 420 g/mol. The lowest BCUT2D eigenvalue weighted by Gasteiger charge is -2.09. The first kappa shape index (κ1) is 19.5. The summed E-state index contributed by atoms with van der Waals surface area (Å²) in [6, 6.07) is 20.0. The molecule has 2 heterocycles. The van der Waals surface area contributed by atoms with E-state index in [1.54, 1.807) is 30.5 Å². The maximum atomic E-state index is 6.07. The van der Waals surface area contributed by atoms with Crippen LogP contribution in [0.2, 0.25) is 5.02 Å². The highest BCUT2D eigenvalue weighted by Gasteiger charge is 2.11. The van der Waals surface area contributed by atoms with Crippen molar-refractivity contribution in [1.29, 1.82) is 0 Å². The van der Waals surface area contributed by atoms with Crippen molar-refractivity contribution < 1.29 is 14.0 Å². The Morgan fingerprint density at radius 2 is 1.83 bits per heavy atom. The van der Waals surface area contributed by atoms with E-state index in [0.717, 1.165) is 5.56 Å². The second-order valence-corrected chi connectivity index (χ2v) is 6.61. The van der Waals surface area contributed by atoms with Crippen LogP contribution in [0.5, 0.6) is 11.6 Å². The second-order valence-electron chi connectivity index (χ2n) is 6.17. The minimum absolute atomic E-state index is 0.0902. The van der Waals surface area contributed by atoms with Gasteiger partial charge in [-0.25, -0.2) is 9.97 Å². The van der Waals surface area contributed by atoms with Gasteiger partial charge in [0, 0.05) is 16.8 Å². The van der Waals surface area contributed by atoms with Crippen molar-refractivity contribution in [1.82, 2.24) is 9.97 Å². The van der Waals surface area contributed by atoms with Gasteiger partial charge in [-0.3, -0.25) is 0 Å². The normalized spacial score (nSPS) is 11.3. The average Bonchev–Trinajstić information content (AvgIpc) is 3.24. The number of aromatic nitrogens is 2. The fraction of sp³-hybridized carbons (Fsp3) is 0.0455. The van der Waals surface area contributed by atoms with Crippen LogP contribution in [0.3, 0.4) is 0 Å². The van der Waals surface area contributed by atoms with Crippen molar-refractivity contribution in [2.24, 2.45) is 10.9 Å². The molecule has 0 saturated heterocycles. The summed E-state index contributed by atoms with van der Waals surface area (Å²) in [6.45, 7) is 0.0902. The van der Waals surface area contributed by atoms with Crippen molar-refractivity contribution in [3.63, 3.8) is 0 Å². The lowest BCUT2D eigenvalue weighted by molar-refractivity contribution is 0.127. The van der Waals surface area contributed by atoms with Gasteiger partial charge in [0.2, 0.25) is 11.8 Å². The number of para-hydroxylation sites is 1. The van der Waals surface area contributed by atoms with Crippen molar-refractivity contribution in [3.8, 4) is 23.1 Å². The number of oxime groups is 1. The SMILES string of the molecule is N/C(=N/OCc1coc(-c2ccc(Cl)cc2)n1)c1cccnc1Oc1ccccc1. The first-order valence-corrected chi connectivity index (χ1v) is 9.41. The third-order valence-electron chi connectivity index (χ3n) is 4.02. The van der Waals surface area contributed by atoms with Gasteiger partial charge in [-0.2, -0.15) is 0 Å². The van der Waals surface area contributed by atoms with Crippen LogP contribution in [-0.4, -0.2) is 15.8 Å². The summed E-state index contributed by atoms with van der Waals surface area (Å²) < 4.78 is 11.3. The molecule has 2 aromatic heterocycles. The smallest absolute Gasteiger partial charge is 0.230 e. The average molecular weight is 421 g/mol. The highest BCUT2D eigenvalue weighted by molar-refractivity contribution is 6.30. The molecule has 8 heteroatoms. The Kier molecular flexibility index (Phi) is 5.91. The van der Waals surface area contributed by atoms with Gasteiger partial charge in [0.15, 0.2) is 12.4 Å². The number of nitrogens with two attached hydrogens (primary N) is 1. The molecule has 4 aromatic rings. The van der Waals surface area contributed by atoms with Crippen LogP contribution in [0.1, 0.15) is 11.3 Å². The Morgan fingerprint density at radius 3 is 2.63 bits per heavy atom. The number of hydrogen-bond donors (Lipinski definition) is 1. The van der Waals surface area contributed by atoms with E-state index in [1.165, 1.54) is 6.26 Å². The summed E-state index contributed by atoms with van der Waals surface area (Å²) in [5.74, 6) is 1.58. The summed E-state index contributed by atoms with van der Waals surface area (Å²) in [5, 5.41) is 4.60. The Hall–Kier alpha value is -3.84. The lowest BCUT2D eigenvalue weighted by atomic mass is 10.2. The molecule has 0 saturated carbocycles. The van der Waals surface area contributed by atoms with E-state index in [-0.39, 0.29) is 12.4 Å². The van der Waals surface area contributed by atoms with Crippen LogP contribution in [0.25, 0.3) is 11.5 Å². The number of benzene rings is 2. The van der Waals surface area contributed by atoms with E-state index >= 15 is 0 Å². The van der Waals surface area contributed by atoms with Gasteiger partial charge >= 0.3 is 0 Å². The fourth-order valence-electron chi connectivity index (χ4n) is 2.58. The van der Waals surface area contributed by atoms with Crippen molar-refractivity contribution in [2.75, 3.05) is 0 Å². The fourth-order valence-corrected chi connectivity index (χ4v) is 2.71. The molecule has 30 heavy (non-hydrogen) atoms. The van der Waals surface area contributed by atoms with Gasteiger partial charge < -0.3 is 19.7 Å². The zero-order valence-corrected chi connectivity index (χ0v) is 16.5. The maximum absolute atomic E-state index is 6.07. The number of pyridine rings is 1. The molecule has 0 unspecified atom stereocenters. The topological polar surface area (TPSA) is 95.8 Å². The number of nitrogens with zero attached hydrogens (tertiary/aromatic N) is 3. The molecular formula is C22H17ClN4O3. The van der Waals surface area contributed by atoms with Crippen molar-refractivity contribution in [2.45, 2.75) is 6.61 Å². The van der Waals surface area contributed by atoms with Crippen LogP contribution < -0.4 is 10.5 Å². The zero-order chi connectivity index (χ0) is 20.8. The van der Waals surface area contributed by atoms with E-state index in [0.29, 0.717) is 33.8 Å². The summed E-state index contributed by atoms with van der Waals surface area (Å²) in [6.07, 6.45) is 3.12. The van der Waals surface area contributed by atoms with Gasteiger partial charge in [-0.15, -0.1) is 0 Å². The van der Waals surface area contributed by atoms with Gasteiger partial charge in [0.1, 0.15) is 17.7 Å². The Bertz CT molecular complexity index is 1140. The van der Waals surface area contributed by atoms with Crippen LogP contribution >= 0.6 is 11.6 Å². The molecular weight excluding hydrogens is 404 g/mol. The molecule has 0 radical (unpaired) electrons. The molecule has 0 fully saturated rings. The molecule has 7 nitrogen and oxygen atoms in total. The van der Waals surface area contributed by atoms with Gasteiger partial charge in [0.05, 0.1) is 5.56 Å². The Morgan fingerprint density at radius 1 is 1.03 bits per heavy atom. The number of hydrogen-bond acceptors (Lipinski definition) is 6. The largest absolute Gasteiger partial charge is 0.444 e. The third-order valence-corrected chi connectivity index (χ3v) is 4.28. The predicted molar refractivity (Wildman–Crippen MR) is 113 cm³/mol. The number of rotatable bonds is 7. The van der Waals surface area contributed by atoms with Gasteiger partial charge in [-0.1, -0.05) is 35.0 Å². The van der Waals surface area contributed by atoms with Crippen molar-refractivity contribution in [3.05, 3.63) is 95.5 Å². The highest BCUT2D eigenvalue weighted by Crippen LogP contribution is 2.23. The first-order valence-electron chi connectivity index (χ1n) is 9.03. The van der Waals surface area contributed by atoms with Crippen molar-refractivity contribution >= 4 is 17.4 Å². The van der Waals surface area contributed by atoms with E-state index in [1.807, 2.05) is 42.5 Å². The van der Waals surface area contributed by atoms with E-state index in [9.17, 15) is 0 Å². The molecule has 0 spiro atoms. The van der Waals surface area contributed by atoms with E-state index < -0.39 is 0 Å². The minimum Gasteiger partial charge on any atom is -0.444 e. The van der Waals surface area contributed by atoms with Crippen LogP contribution in [0, 0.1) is 0 Å². The van der Waals surface area contributed by atoms with Crippen LogP contribution in [0.4, 0.5) is 0 Å². The molecule has 4 rings (SSSR count). The number of ether oxygens (including phenoxy) is 1.